The fourth-order valence-corrected chi connectivity index (χ4v) is 1.33. The molecule has 0 aromatic heterocycles. The van der Waals surface area contributed by atoms with E-state index in [0.29, 0.717) is 0 Å². The van der Waals surface area contributed by atoms with E-state index < -0.39 is 33.5 Å². The Morgan fingerprint density at radius 1 is 1.43 bits per heavy atom. The third kappa shape index (κ3) is 4.80. The zero-order valence-electron chi connectivity index (χ0n) is 7.98. The lowest BCUT2D eigenvalue weighted by molar-refractivity contribution is -0.140. The zero-order chi connectivity index (χ0) is 11.4. The molecule has 0 radical (unpaired) electrons. The molecule has 1 amide bonds. The molecule has 0 aromatic carbocycles. The predicted molar refractivity (Wildman–Crippen MR) is 49.6 cm³/mol. The number of carbonyl (C=O) groups is 2. The summed E-state index contributed by atoms with van der Waals surface area (Å²) >= 11 is 0. The lowest BCUT2D eigenvalue weighted by Crippen LogP contribution is -2.41. The summed E-state index contributed by atoms with van der Waals surface area (Å²) < 4.78 is 21.9. The molecule has 0 spiro atoms. The van der Waals surface area contributed by atoms with Gasteiger partial charge in [0.1, 0.15) is 11.8 Å². The van der Waals surface area contributed by atoms with Crippen molar-refractivity contribution in [3.63, 3.8) is 0 Å². The highest BCUT2D eigenvalue weighted by Crippen LogP contribution is 1.90. The average molecular weight is 223 g/mol. The van der Waals surface area contributed by atoms with Gasteiger partial charge in [0.2, 0.25) is 5.91 Å². The largest absolute Gasteiger partial charge is 0.480 e. The fourth-order valence-electron chi connectivity index (χ4n) is 0.647. The van der Waals surface area contributed by atoms with E-state index in [4.69, 9.17) is 5.11 Å². The molecular formula is C7H13NO5S. The fraction of sp³-hybridized carbons (Fsp3) is 0.714. The maximum atomic E-state index is 11.0. The van der Waals surface area contributed by atoms with Crippen molar-refractivity contribution in [3.05, 3.63) is 0 Å². The molecule has 82 valence electrons. The van der Waals surface area contributed by atoms with Crippen molar-refractivity contribution in [1.82, 2.24) is 5.32 Å². The highest BCUT2D eigenvalue weighted by Gasteiger charge is 2.18. The van der Waals surface area contributed by atoms with Crippen LogP contribution in [0.1, 0.15) is 13.8 Å². The van der Waals surface area contributed by atoms with Gasteiger partial charge in [-0.3, -0.25) is 9.59 Å². The van der Waals surface area contributed by atoms with Gasteiger partial charge in [-0.25, -0.2) is 8.42 Å². The molecule has 1 unspecified atom stereocenters. The molecule has 0 aromatic rings. The number of sulfone groups is 1. The average Bonchev–Trinajstić information content (AvgIpc) is 2.02. The molecule has 0 saturated carbocycles. The summed E-state index contributed by atoms with van der Waals surface area (Å²) in [6.45, 7) is 2.68. The van der Waals surface area contributed by atoms with Crippen LogP contribution in [0.2, 0.25) is 0 Å². The van der Waals surface area contributed by atoms with Gasteiger partial charge in [-0.1, -0.05) is 6.92 Å². The first-order valence-corrected chi connectivity index (χ1v) is 5.83. The van der Waals surface area contributed by atoms with Crippen LogP contribution in [0.4, 0.5) is 0 Å². The second kappa shape index (κ2) is 4.94. The van der Waals surface area contributed by atoms with Crippen LogP contribution in [0.15, 0.2) is 0 Å². The number of hydrogen-bond donors (Lipinski definition) is 2. The topological polar surface area (TPSA) is 101 Å². The monoisotopic (exact) mass is 223 g/mol. The summed E-state index contributed by atoms with van der Waals surface area (Å²) in [5, 5.41) is 10.5. The van der Waals surface area contributed by atoms with E-state index in [1.54, 1.807) is 0 Å². The van der Waals surface area contributed by atoms with Crippen molar-refractivity contribution in [2.45, 2.75) is 19.9 Å². The van der Waals surface area contributed by atoms with Crippen molar-refractivity contribution in [3.8, 4) is 0 Å². The Hall–Kier alpha value is -1.11. The minimum atomic E-state index is -3.40. The van der Waals surface area contributed by atoms with Gasteiger partial charge in [0.25, 0.3) is 0 Å². The number of carboxylic acid groups (broad SMARTS) is 1. The van der Waals surface area contributed by atoms with Crippen LogP contribution < -0.4 is 5.32 Å². The Morgan fingerprint density at radius 2 is 1.93 bits per heavy atom. The van der Waals surface area contributed by atoms with Crippen molar-refractivity contribution >= 4 is 21.7 Å². The maximum Gasteiger partial charge on any atom is 0.325 e. The highest BCUT2D eigenvalue weighted by molar-refractivity contribution is 7.92. The highest BCUT2D eigenvalue weighted by atomic mass is 32.2. The van der Waals surface area contributed by atoms with Gasteiger partial charge < -0.3 is 10.4 Å². The van der Waals surface area contributed by atoms with E-state index in [-0.39, 0.29) is 5.75 Å². The number of amides is 1. The third-order valence-corrected chi connectivity index (χ3v) is 3.12. The number of rotatable bonds is 5. The SMILES string of the molecule is CCS(=O)(=O)CC(=O)NC(C)C(=O)O. The second-order valence-corrected chi connectivity index (χ2v) is 5.16. The molecule has 1 atom stereocenters. The van der Waals surface area contributed by atoms with Crippen molar-refractivity contribution in [2.24, 2.45) is 0 Å². The van der Waals surface area contributed by atoms with Crippen LogP contribution in [0.25, 0.3) is 0 Å². The van der Waals surface area contributed by atoms with Crippen molar-refractivity contribution in [1.29, 1.82) is 0 Å². The normalized spacial score (nSPS) is 13.3. The standard InChI is InChI=1S/C7H13NO5S/c1-3-14(12,13)4-6(9)8-5(2)7(10)11/h5H,3-4H2,1-2H3,(H,8,9)(H,10,11). The van der Waals surface area contributed by atoms with Gasteiger partial charge in [0.15, 0.2) is 9.84 Å². The quantitative estimate of drug-likeness (QED) is 0.623. The molecule has 0 heterocycles. The summed E-state index contributed by atoms with van der Waals surface area (Å²) in [4.78, 5) is 21.3. The smallest absolute Gasteiger partial charge is 0.325 e. The Morgan fingerprint density at radius 3 is 2.29 bits per heavy atom. The van der Waals surface area contributed by atoms with Gasteiger partial charge in [-0.15, -0.1) is 0 Å². The first-order chi connectivity index (χ1) is 6.28. The van der Waals surface area contributed by atoms with Gasteiger partial charge in [0.05, 0.1) is 0 Å². The van der Waals surface area contributed by atoms with E-state index in [2.05, 4.69) is 5.32 Å². The van der Waals surface area contributed by atoms with E-state index in [9.17, 15) is 18.0 Å². The van der Waals surface area contributed by atoms with Crippen LogP contribution in [-0.4, -0.2) is 42.9 Å². The molecule has 0 aliphatic heterocycles. The van der Waals surface area contributed by atoms with Crippen LogP contribution >= 0.6 is 0 Å². The van der Waals surface area contributed by atoms with Crippen molar-refractivity contribution < 1.29 is 23.1 Å². The molecular weight excluding hydrogens is 210 g/mol. The number of hydrogen-bond acceptors (Lipinski definition) is 4. The van der Waals surface area contributed by atoms with E-state index in [1.807, 2.05) is 0 Å². The molecule has 0 rings (SSSR count). The minimum absolute atomic E-state index is 0.137. The number of carboxylic acids is 1. The molecule has 6 nitrogen and oxygen atoms in total. The lowest BCUT2D eigenvalue weighted by Gasteiger charge is -2.08. The van der Waals surface area contributed by atoms with E-state index in [0.717, 1.165) is 0 Å². The Bertz CT molecular complexity index is 321. The maximum absolute atomic E-state index is 11.0. The summed E-state index contributed by atoms with van der Waals surface area (Å²) in [6, 6.07) is -1.07. The number of aliphatic carboxylic acids is 1. The summed E-state index contributed by atoms with van der Waals surface area (Å²) in [5.41, 5.74) is 0. The third-order valence-electron chi connectivity index (χ3n) is 1.54. The van der Waals surface area contributed by atoms with E-state index >= 15 is 0 Å². The first kappa shape index (κ1) is 12.9. The zero-order valence-corrected chi connectivity index (χ0v) is 8.80. The van der Waals surface area contributed by atoms with Gasteiger partial charge in [-0.2, -0.15) is 0 Å². The Labute approximate surface area is 82.2 Å². The van der Waals surface area contributed by atoms with Crippen LogP contribution in [0.3, 0.4) is 0 Å². The van der Waals surface area contributed by atoms with Crippen LogP contribution in [0, 0.1) is 0 Å². The molecule has 0 fully saturated rings. The summed E-state index contributed by atoms with van der Waals surface area (Å²) in [7, 11) is -3.40. The minimum Gasteiger partial charge on any atom is -0.480 e. The molecule has 7 heteroatoms. The van der Waals surface area contributed by atoms with Crippen LogP contribution in [-0.2, 0) is 19.4 Å². The second-order valence-electron chi connectivity index (χ2n) is 2.80. The lowest BCUT2D eigenvalue weighted by atomic mass is 10.3. The van der Waals surface area contributed by atoms with Crippen LogP contribution in [0.5, 0.6) is 0 Å². The molecule has 2 N–H and O–H groups in total. The Balaban J connectivity index is 4.19. The van der Waals surface area contributed by atoms with E-state index in [1.165, 1.54) is 13.8 Å². The van der Waals surface area contributed by atoms with Crippen molar-refractivity contribution in [2.75, 3.05) is 11.5 Å². The van der Waals surface area contributed by atoms with Gasteiger partial charge >= 0.3 is 5.97 Å². The predicted octanol–water partition coefficient (Wildman–Crippen LogP) is -0.990. The molecule has 0 aliphatic rings. The Kier molecular flexibility index (Phi) is 4.55. The molecule has 14 heavy (non-hydrogen) atoms. The summed E-state index contributed by atoms with van der Waals surface area (Å²) in [6.07, 6.45) is 0. The number of carbonyl (C=O) groups excluding carboxylic acids is 1. The molecule has 0 saturated heterocycles. The van der Waals surface area contributed by atoms with Gasteiger partial charge in [0, 0.05) is 5.75 Å². The summed E-state index contributed by atoms with van der Waals surface area (Å²) in [5.74, 6) is -2.79. The molecule has 0 bridgehead atoms. The first-order valence-electron chi connectivity index (χ1n) is 4.01. The van der Waals surface area contributed by atoms with Gasteiger partial charge in [-0.05, 0) is 6.92 Å². The molecule has 0 aliphatic carbocycles. The number of nitrogens with one attached hydrogen (secondary N) is 1.